The highest BCUT2D eigenvalue weighted by Crippen LogP contribution is 2.23. The Morgan fingerprint density at radius 1 is 1.14 bits per heavy atom. The summed E-state index contributed by atoms with van der Waals surface area (Å²) < 4.78 is 15.3. The summed E-state index contributed by atoms with van der Waals surface area (Å²) in [5.74, 6) is -0.472. The van der Waals surface area contributed by atoms with Gasteiger partial charge in [0.2, 0.25) is 0 Å². The van der Waals surface area contributed by atoms with E-state index in [2.05, 4.69) is 0 Å². The van der Waals surface area contributed by atoms with Crippen molar-refractivity contribution in [3.05, 3.63) is 0 Å². The van der Waals surface area contributed by atoms with Gasteiger partial charge in [0.25, 0.3) is 0 Å². The van der Waals surface area contributed by atoms with Gasteiger partial charge in [-0.1, -0.05) is 6.92 Å². The van der Waals surface area contributed by atoms with Crippen LogP contribution in [0.4, 0.5) is 0 Å². The molecule has 0 aromatic heterocycles. The van der Waals surface area contributed by atoms with E-state index in [-0.39, 0.29) is 13.0 Å². The number of hydrogen-bond donors (Lipinski definition) is 5. The molecule has 0 spiro atoms. The van der Waals surface area contributed by atoms with Crippen molar-refractivity contribution in [1.29, 1.82) is 0 Å². The van der Waals surface area contributed by atoms with E-state index < -0.39 is 56.0 Å². The number of esters is 1. The molecule has 0 aliphatic carbocycles. The minimum absolute atomic E-state index is 0.213. The molecular weight excluding hydrogens is 300 g/mol. The lowest BCUT2D eigenvalue weighted by molar-refractivity contribution is -0.315. The molecule has 0 bridgehead atoms. The molecule has 0 aromatic carbocycles. The average Bonchev–Trinajstić information content (AvgIpc) is 2.51. The second kappa shape index (κ2) is 9.36. The highest BCUT2D eigenvalue weighted by Gasteiger charge is 2.45. The average molecular weight is 324 g/mol. The summed E-state index contributed by atoms with van der Waals surface area (Å²) in [5.41, 5.74) is 0. The van der Waals surface area contributed by atoms with Gasteiger partial charge >= 0.3 is 5.97 Å². The zero-order valence-electron chi connectivity index (χ0n) is 12.4. The molecule has 22 heavy (non-hydrogen) atoms. The van der Waals surface area contributed by atoms with Gasteiger partial charge in [0.05, 0.1) is 13.2 Å². The van der Waals surface area contributed by atoms with Crippen LogP contribution in [0.3, 0.4) is 0 Å². The minimum Gasteiger partial charge on any atom is -0.463 e. The zero-order chi connectivity index (χ0) is 16.7. The summed E-state index contributed by atoms with van der Waals surface area (Å²) in [6.45, 7) is 0.462. The van der Waals surface area contributed by atoms with Crippen LogP contribution in [0, 0.1) is 0 Å². The first-order valence-corrected chi connectivity index (χ1v) is 7.17. The first-order valence-electron chi connectivity index (χ1n) is 7.17. The van der Waals surface area contributed by atoms with Crippen LogP contribution in [0.15, 0.2) is 0 Å². The Balaban J connectivity index is 2.63. The van der Waals surface area contributed by atoms with E-state index in [1.54, 1.807) is 6.92 Å². The first kappa shape index (κ1) is 19.2. The van der Waals surface area contributed by atoms with Crippen LogP contribution in [-0.2, 0) is 19.0 Å². The van der Waals surface area contributed by atoms with Crippen molar-refractivity contribution in [2.24, 2.45) is 0 Å². The molecule has 9 nitrogen and oxygen atoms in total. The molecule has 0 aromatic rings. The van der Waals surface area contributed by atoms with E-state index in [1.807, 2.05) is 0 Å². The van der Waals surface area contributed by atoms with Crippen molar-refractivity contribution >= 4 is 5.97 Å². The molecule has 0 unspecified atom stereocenters. The number of carbonyl (C=O) groups excluding carboxylic acids is 1. The van der Waals surface area contributed by atoms with Gasteiger partial charge in [-0.05, 0) is 6.42 Å². The van der Waals surface area contributed by atoms with Crippen LogP contribution in [0.25, 0.3) is 0 Å². The number of aliphatic hydroxyl groups is 5. The van der Waals surface area contributed by atoms with E-state index in [9.17, 15) is 20.1 Å². The van der Waals surface area contributed by atoms with Crippen molar-refractivity contribution < 1.29 is 44.5 Å². The Kier molecular flexibility index (Phi) is 8.18. The maximum atomic E-state index is 11.3. The normalized spacial score (nSPS) is 32.2. The summed E-state index contributed by atoms with van der Waals surface area (Å²) in [6, 6.07) is 0. The molecule has 1 rings (SSSR count). The van der Waals surface area contributed by atoms with Crippen LogP contribution >= 0.6 is 0 Å². The molecule has 0 saturated carbocycles. The van der Waals surface area contributed by atoms with Crippen molar-refractivity contribution in [3.63, 3.8) is 0 Å². The lowest BCUT2D eigenvalue weighted by Gasteiger charge is -2.40. The van der Waals surface area contributed by atoms with Crippen molar-refractivity contribution in [2.75, 3.05) is 19.8 Å². The van der Waals surface area contributed by atoms with Gasteiger partial charge in [-0.15, -0.1) is 0 Å². The predicted molar refractivity (Wildman–Crippen MR) is 71.6 cm³/mol. The lowest BCUT2D eigenvalue weighted by Crippen LogP contribution is -2.60. The van der Waals surface area contributed by atoms with Gasteiger partial charge in [0.1, 0.15) is 37.1 Å². The highest BCUT2D eigenvalue weighted by molar-refractivity contribution is 5.69. The van der Waals surface area contributed by atoms with Crippen molar-refractivity contribution in [3.8, 4) is 0 Å². The summed E-state index contributed by atoms with van der Waals surface area (Å²) >= 11 is 0. The Bertz CT molecular complexity index is 333. The Labute approximate surface area is 128 Å². The summed E-state index contributed by atoms with van der Waals surface area (Å²) in [4.78, 5) is 11.3. The molecule has 1 heterocycles. The third-order valence-corrected chi connectivity index (χ3v) is 3.27. The van der Waals surface area contributed by atoms with Crippen LogP contribution in [0.2, 0.25) is 0 Å². The van der Waals surface area contributed by atoms with E-state index in [0.717, 1.165) is 0 Å². The number of carbonyl (C=O) groups is 1. The summed E-state index contributed by atoms with van der Waals surface area (Å²) in [6.07, 6.45) is -7.28. The maximum Gasteiger partial charge on any atom is 0.305 e. The summed E-state index contributed by atoms with van der Waals surface area (Å²) in [5, 5.41) is 47.3. The topological polar surface area (TPSA) is 146 Å². The van der Waals surface area contributed by atoms with E-state index in [4.69, 9.17) is 24.4 Å². The molecule has 5 N–H and O–H groups in total. The molecule has 130 valence electrons. The fourth-order valence-electron chi connectivity index (χ4n) is 1.95. The third kappa shape index (κ3) is 5.13. The van der Waals surface area contributed by atoms with Crippen molar-refractivity contribution in [2.45, 2.75) is 56.6 Å². The minimum atomic E-state index is -1.58. The molecule has 5 atom stereocenters. The second-order valence-corrected chi connectivity index (χ2v) is 5.07. The highest BCUT2D eigenvalue weighted by atomic mass is 16.7. The molecular formula is C13H24O9. The number of hydrogen-bond acceptors (Lipinski definition) is 9. The lowest BCUT2D eigenvalue weighted by atomic mass is 9.99. The van der Waals surface area contributed by atoms with Gasteiger partial charge < -0.3 is 39.7 Å². The van der Waals surface area contributed by atoms with Gasteiger partial charge in [-0.25, -0.2) is 0 Å². The fourth-order valence-corrected chi connectivity index (χ4v) is 1.95. The largest absolute Gasteiger partial charge is 0.463 e. The van der Waals surface area contributed by atoms with Crippen LogP contribution in [0.1, 0.15) is 19.8 Å². The molecule has 1 aliphatic rings. The van der Waals surface area contributed by atoms with E-state index >= 15 is 0 Å². The summed E-state index contributed by atoms with van der Waals surface area (Å²) in [7, 11) is 0. The second-order valence-electron chi connectivity index (χ2n) is 5.07. The Morgan fingerprint density at radius 2 is 1.77 bits per heavy atom. The molecule has 1 fully saturated rings. The standard InChI is InChI=1S/C13H24O9/c1-2-3-9(16)20-6-8-10(17)11(18)12(19)13(22-8)21-7(4-14)5-15/h7-8,10-15,17-19H,2-6H2,1H3/t8-,10+,11+,12-,13-/m1/s1. The van der Waals surface area contributed by atoms with Gasteiger partial charge in [-0.2, -0.15) is 0 Å². The van der Waals surface area contributed by atoms with Crippen LogP contribution < -0.4 is 0 Å². The van der Waals surface area contributed by atoms with Gasteiger partial charge in [0, 0.05) is 6.42 Å². The molecule has 1 saturated heterocycles. The zero-order valence-corrected chi connectivity index (χ0v) is 12.4. The van der Waals surface area contributed by atoms with Crippen LogP contribution in [-0.4, -0.2) is 88.1 Å². The molecule has 1 aliphatic heterocycles. The Morgan fingerprint density at radius 3 is 2.32 bits per heavy atom. The van der Waals surface area contributed by atoms with Gasteiger partial charge in [-0.3, -0.25) is 4.79 Å². The quantitative estimate of drug-likeness (QED) is 0.306. The van der Waals surface area contributed by atoms with E-state index in [1.165, 1.54) is 0 Å². The maximum absolute atomic E-state index is 11.3. The SMILES string of the molecule is CCCC(=O)OC[C@H]1O[C@@H](OC(CO)CO)[C@H](O)[C@@H](O)[C@H]1O. The van der Waals surface area contributed by atoms with Gasteiger partial charge in [0.15, 0.2) is 6.29 Å². The number of aliphatic hydroxyl groups excluding tert-OH is 5. The first-order chi connectivity index (χ1) is 10.4. The Hall–Kier alpha value is -0.810. The van der Waals surface area contributed by atoms with Crippen LogP contribution in [0.5, 0.6) is 0 Å². The smallest absolute Gasteiger partial charge is 0.305 e. The predicted octanol–water partition coefficient (Wildman–Crippen LogP) is -2.49. The number of ether oxygens (including phenoxy) is 3. The molecule has 9 heteroatoms. The number of rotatable bonds is 8. The fraction of sp³-hybridized carbons (Fsp3) is 0.923. The monoisotopic (exact) mass is 324 g/mol. The van der Waals surface area contributed by atoms with E-state index in [0.29, 0.717) is 6.42 Å². The molecule has 0 radical (unpaired) electrons. The molecule has 0 amide bonds. The third-order valence-electron chi connectivity index (χ3n) is 3.27. The van der Waals surface area contributed by atoms with Crippen molar-refractivity contribution in [1.82, 2.24) is 0 Å².